The average Bonchev–Trinajstić information content (AvgIpc) is 3.10. The van der Waals surface area contributed by atoms with Crippen molar-refractivity contribution in [1.82, 2.24) is 19.6 Å². The number of aryl methyl sites for hydroxylation is 1. The van der Waals surface area contributed by atoms with Gasteiger partial charge in [-0.1, -0.05) is 0 Å². The molecule has 0 aliphatic carbocycles. The lowest BCUT2D eigenvalue weighted by Crippen LogP contribution is -2.02. The molecule has 5 heteroatoms. The van der Waals surface area contributed by atoms with Gasteiger partial charge in [-0.25, -0.2) is 4.68 Å². The summed E-state index contributed by atoms with van der Waals surface area (Å²) >= 11 is 0. The second-order valence-electron chi connectivity index (χ2n) is 4.73. The number of benzene rings is 1. The maximum Gasteiger partial charge on any atom is 0.0647 e. The van der Waals surface area contributed by atoms with Gasteiger partial charge in [-0.3, -0.25) is 4.68 Å². The topological polar surface area (TPSA) is 47.7 Å². The van der Waals surface area contributed by atoms with Gasteiger partial charge in [-0.2, -0.15) is 10.2 Å². The molecule has 0 bridgehead atoms. The molecule has 20 heavy (non-hydrogen) atoms. The molecule has 102 valence electrons. The highest BCUT2D eigenvalue weighted by atomic mass is 15.3. The third-order valence-corrected chi connectivity index (χ3v) is 3.46. The van der Waals surface area contributed by atoms with Crippen molar-refractivity contribution in [2.24, 2.45) is 7.05 Å². The Labute approximate surface area is 117 Å². The van der Waals surface area contributed by atoms with Crippen molar-refractivity contribution in [3.63, 3.8) is 0 Å². The molecule has 5 nitrogen and oxygen atoms in total. The van der Waals surface area contributed by atoms with Crippen molar-refractivity contribution in [2.75, 3.05) is 5.32 Å². The zero-order valence-corrected chi connectivity index (χ0v) is 11.6. The fourth-order valence-corrected chi connectivity index (χ4v) is 2.07. The summed E-state index contributed by atoms with van der Waals surface area (Å²) < 4.78 is 3.73. The summed E-state index contributed by atoms with van der Waals surface area (Å²) in [5.74, 6) is 0. The molecule has 0 aliphatic rings. The fraction of sp³-hybridized carbons (Fsp3) is 0.200. The zero-order chi connectivity index (χ0) is 13.9. The average molecular weight is 267 g/mol. The zero-order valence-electron chi connectivity index (χ0n) is 11.6. The van der Waals surface area contributed by atoms with Gasteiger partial charge in [-0.15, -0.1) is 0 Å². The van der Waals surface area contributed by atoms with E-state index in [1.165, 1.54) is 11.3 Å². The van der Waals surface area contributed by atoms with E-state index < -0.39 is 0 Å². The van der Waals surface area contributed by atoms with Crippen LogP contribution in [0.4, 0.5) is 5.69 Å². The van der Waals surface area contributed by atoms with Crippen LogP contribution in [0.5, 0.6) is 0 Å². The highest BCUT2D eigenvalue weighted by molar-refractivity contribution is 5.48. The molecule has 0 saturated carbocycles. The molecule has 0 unspecified atom stereocenters. The smallest absolute Gasteiger partial charge is 0.0647 e. The molecule has 0 spiro atoms. The lowest BCUT2D eigenvalue weighted by Gasteiger charge is -2.07. The largest absolute Gasteiger partial charge is 0.381 e. The summed E-state index contributed by atoms with van der Waals surface area (Å²) in [5.41, 5.74) is 4.54. The van der Waals surface area contributed by atoms with Crippen LogP contribution >= 0.6 is 0 Å². The molecule has 0 saturated heterocycles. The fourth-order valence-electron chi connectivity index (χ4n) is 2.07. The van der Waals surface area contributed by atoms with Gasteiger partial charge < -0.3 is 5.32 Å². The Morgan fingerprint density at radius 1 is 1.15 bits per heavy atom. The van der Waals surface area contributed by atoms with Crippen LogP contribution in [0, 0.1) is 6.92 Å². The summed E-state index contributed by atoms with van der Waals surface area (Å²) in [4.78, 5) is 0. The predicted molar refractivity (Wildman–Crippen MR) is 78.8 cm³/mol. The van der Waals surface area contributed by atoms with Gasteiger partial charge >= 0.3 is 0 Å². The van der Waals surface area contributed by atoms with E-state index in [4.69, 9.17) is 0 Å². The van der Waals surface area contributed by atoms with E-state index in [2.05, 4.69) is 34.6 Å². The van der Waals surface area contributed by atoms with Crippen molar-refractivity contribution in [2.45, 2.75) is 13.5 Å². The minimum absolute atomic E-state index is 0.779. The molecule has 2 heterocycles. The van der Waals surface area contributed by atoms with E-state index in [0.29, 0.717) is 0 Å². The first-order valence-electron chi connectivity index (χ1n) is 6.55. The van der Waals surface area contributed by atoms with Crippen molar-refractivity contribution < 1.29 is 0 Å². The first kappa shape index (κ1) is 12.5. The van der Waals surface area contributed by atoms with Gasteiger partial charge in [0.25, 0.3) is 0 Å². The number of anilines is 1. The normalized spacial score (nSPS) is 10.7. The number of aromatic nitrogens is 4. The minimum atomic E-state index is 0.779. The summed E-state index contributed by atoms with van der Waals surface area (Å²) in [6.45, 7) is 2.85. The molecule has 0 aliphatic heterocycles. The Bertz CT molecular complexity index is 680. The quantitative estimate of drug-likeness (QED) is 0.790. The van der Waals surface area contributed by atoms with Crippen LogP contribution < -0.4 is 5.32 Å². The molecule has 1 aromatic carbocycles. The highest BCUT2D eigenvalue weighted by Crippen LogP contribution is 2.14. The molecular formula is C15H17N5. The summed E-state index contributed by atoms with van der Waals surface area (Å²) in [5, 5.41) is 11.9. The Morgan fingerprint density at radius 2 is 1.95 bits per heavy atom. The Morgan fingerprint density at radius 3 is 2.55 bits per heavy atom. The molecular weight excluding hydrogens is 250 g/mol. The van der Waals surface area contributed by atoms with Crippen LogP contribution in [-0.2, 0) is 13.6 Å². The first-order chi connectivity index (χ1) is 9.74. The van der Waals surface area contributed by atoms with E-state index in [-0.39, 0.29) is 0 Å². The molecule has 1 N–H and O–H groups in total. The number of nitrogens with one attached hydrogen (secondary N) is 1. The molecule has 2 aromatic heterocycles. The third kappa shape index (κ3) is 2.42. The second kappa shape index (κ2) is 5.21. The van der Waals surface area contributed by atoms with Crippen LogP contribution in [0.25, 0.3) is 5.69 Å². The van der Waals surface area contributed by atoms with Crippen LogP contribution in [0.2, 0.25) is 0 Å². The van der Waals surface area contributed by atoms with Crippen LogP contribution in [0.3, 0.4) is 0 Å². The van der Waals surface area contributed by atoms with Gasteiger partial charge in [-0.05, 0) is 37.3 Å². The Balaban J connectivity index is 1.68. The van der Waals surface area contributed by atoms with Crippen LogP contribution in [0.15, 0.2) is 48.9 Å². The number of hydrogen-bond acceptors (Lipinski definition) is 3. The second-order valence-corrected chi connectivity index (χ2v) is 4.73. The van der Waals surface area contributed by atoms with Gasteiger partial charge in [0.15, 0.2) is 0 Å². The summed E-state index contributed by atoms with van der Waals surface area (Å²) in [6.07, 6.45) is 5.61. The SMILES string of the molecule is Cc1c(CNc2ccc(-n3cccn3)cc2)cnn1C. The molecule has 0 radical (unpaired) electrons. The number of nitrogens with zero attached hydrogens (tertiary/aromatic N) is 4. The van der Waals surface area contributed by atoms with Gasteiger partial charge in [0.2, 0.25) is 0 Å². The molecule has 3 rings (SSSR count). The molecule has 3 aromatic rings. The lowest BCUT2D eigenvalue weighted by molar-refractivity contribution is 0.738. The molecule has 0 atom stereocenters. The lowest BCUT2D eigenvalue weighted by atomic mass is 10.2. The van der Waals surface area contributed by atoms with E-state index in [1.54, 1.807) is 6.20 Å². The van der Waals surface area contributed by atoms with E-state index in [9.17, 15) is 0 Å². The van der Waals surface area contributed by atoms with Gasteiger partial charge in [0.05, 0.1) is 11.9 Å². The van der Waals surface area contributed by atoms with E-state index in [1.807, 2.05) is 47.0 Å². The molecule has 0 amide bonds. The van der Waals surface area contributed by atoms with Crippen LogP contribution in [-0.4, -0.2) is 19.6 Å². The standard InChI is InChI=1S/C15H17N5/c1-12-13(11-18-19(12)2)10-16-14-4-6-15(7-5-14)20-9-3-8-17-20/h3-9,11,16H,10H2,1-2H3. The van der Waals surface area contributed by atoms with Gasteiger partial charge in [0.1, 0.15) is 0 Å². The Hall–Kier alpha value is -2.56. The van der Waals surface area contributed by atoms with Crippen molar-refractivity contribution in [1.29, 1.82) is 0 Å². The highest BCUT2D eigenvalue weighted by Gasteiger charge is 2.03. The summed E-state index contributed by atoms with van der Waals surface area (Å²) in [6, 6.07) is 10.1. The summed E-state index contributed by atoms with van der Waals surface area (Å²) in [7, 11) is 1.96. The van der Waals surface area contributed by atoms with Crippen LogP contribution in [0.1, 0.15) is 11.3 Å². The third-order valence-electron chi connectivity index (χ3n) is 3.46. The van der Waals surface area contributed by atoms with E-state index in [0.717, 1.165) is 17.9 Å². The maximum absolute atomic E-state index is 4.24. The Kier molecular flexibility index (Phi) is 3.25. The minimum Gasteiger partial charge on any atom is -0.381 e. The number of rotatable bonds is 4. The maximum atomic E-state index is 4.24. The number of hydrogen-bond donors (Lipinski definition) is 1. The monoisotopic (exact) mass is 267 g/mol. The first-order valence-corrected chi connectivity index (χ1v) is 6.55. The van der Waals surface area contributed by atoms with Gasteiger partial charge in [0, 0.05) is 42.9 Å². The predicted octanol–water partition coefficient (Wildman–Crippen LogP) is 2.53. The van der Waals surface area contributed by atoms with Crippen molar-refractivity contribution >= 4 is 5.69 Å². The van der Waals surface area contributed by atoms with Crippen molar-refractivity contribution in [3.05, 3.63) is 60.2 Å². The van der Waals surface area contributed by atoms with Crippen molar-refractivity contribution in [3.8, 4) is 5.69 Å². The molecule has 0 fully saturated rings. The van der Waals surface area contributed by atoms with E-state index >= 15 is 0 Å².